The van der Waals surface area contributed by atoms with Crippen molar-refractivity contribution in [3.8, 4) is 43.4 Å². The Bertz CT molecular complexity index is 4060. The van der Waals surface area contributed by atoms with Gasteiger partial charge in [-0.2, -0.15) is 10.2 Å². The number of nitrogens with two attached hydrogens (primary N) is 2. The van der Waals surface area contributed by atoms with E-state index in [-0.39, 0.29) is 34.1 Å². The minimum absolute atomic E-state index is 0.121. The number of benzene rings is 2. The van der Waals surface area contributed by atoms with E-state index in [0.29, 0.717) is 56.0 Å². The number of rotatable bonds is 8. The number of anilines is 2. The molecule has 0 bridgehead atoms. The molecule has 0 saturated carbocycles. The Hall–Kier alpha value is -9.16. The first kappa shape index (κ1) is 47.2. The van der Waals surface area contributed by atoms with E-state index in [1.165, 1.54) is 96.0 Å². The molecule has 368 valence electrons. The summed E-state index contributed by atoms with van der Waals surface area (Å²) in [5.74, 6) is -1.75. The van der Waals surface area contributed by atoms with Crippen LogP contribution in [0.1, 0.15) is 47.3 Å². The topological polar surface area (TPSA) is 234 Å². The molecule has 0 aliphatic carbocycles. The number of hydrogen-bond acceptors (Lipinski definition) is 16. The summed E-state index contributed by atoms with van der Waals surface area (Å²) < 4.78 is 61.9. The Morgan fingerprint density at radius 3 is 1.34 bits per heavy atom. The lowest BCUT2D eigenvalue weighted by atomic mass is 10.0. The van der Waals surface area contributed by atoms with Crippen molar-refractivity contribution in [1.29, 1.82) is 0 Å². The summed E-state index contributed by atoms with van der Waals surface area (Å²) in [4.78, 5) is 64.0. The first-order chi connectivity index (χ1) is 35.6. The van der Waals surface area contributed by atoms with Gasteiger partial charge in [0.2, 0.25) is 0 Å². The van der Waals surface area contributed by atoms with Gasteiger partial charge in [-0.3, -0.25) is 18.4 Å². The molecule has 0 amide bonds. The zero-order chi connectivity index (χ0) is 51.7. The molecule has 2 atom stereocenters. The van der Waals surface area contributed by atoms with Crippen molar-refractivity contribution in [2.45, 2.75) is 39.8 Å². The highest BCUT2D eigenvalue weighted by Gasteiger charge is 2.29. The van der Waals surface area contributed by atoms with E-state index in [4.69, 9.17) is 31.6 Å². The number of nitrogens with zero attached hydrogens (tertiary/aromatic N) is 14. The van der Waals surface area contributed by atoms with E-state index < -0.39 is 46.5 Å². The highest BCUT2D eigenvalue weighted by atomic mass is 32.1. The predicted molar refractivity (Wildman–Crippen MR) is 272 cm³/mol. The highest BCUT2D eigenvalue weighted by Crippen LogP contribution is 2.39. The van der Waals surface area contributed by atoms with Gasteiger partial charge in [0.25, 0.3) is 11.1 Å². The Kier molecular flexibility index (Phi) is 11.8. The molecule has 0 aliphatic heterocycles. The van der Waals surface area contributed by atoms with E-state index in [0.717, 1.165) is 41.0 Å². The third kappa shape index (κ3) is 8.23. The molecule has 0 radical (unpaired) electrons. The number of pyridine rings is 2. The molecule has 0 spiro atoms. The van der Waals surface area contributed by atoms with Crippen LogP contribution in [0.4, 0.5) is 29.2 Å². The third-order valence-corrected chi connectivity index (χ3v) is 14.0. The summed E-state index contributed by atoms with van der Waals surface area (Å²) in [5, 5.41) is 12.4. The number of aryl methyl sites for hydroxylation is 2. The van der Waals surface area contributed by atoms with Gasteiger partial charge < -0.3 is 11.5 Å². The van der Waals surface area contributed by atoms with E-state index in [1.54, 1.807) is 47.7 Å². The fourth-order valence-electron chi connectivity index (χ4n) is 8.74. The van der Waals surface area contributed by atoms with Crippen LogP contribution in [0, 0.1) is 37.1 Å². The van der Waals surface area contributed by atoms with E-state index in [2.05, 4.69) is 29.9 Å². The molecule has 74 heavy (non-hydrogen) atoms. The lowest BCUT2D eigenvalue weighted by molar-refractivity contribution is 0.566. The van der Waals surface area contributed by atoms with Crippen LogP contribution in [0.3, 0.4) is 0 Å². The van der Waals surface area contributed by atoms with Crippen LogP contribution in [-0.2, 0) is 0 Å². The molecule has 12 aromatic rings. The Labute approximate surface area is 422 Å². The Morgan fingerprint density at radius 2 is 0.959 bits per heavy atom. The largest absolute Gasteiger partial charge is 0.383 e. The molecule has 4 N–H and O–H groups in total. The van der Waals surface area contributed by atoms with Gasteiger partial charge >= 0.3 is 0 Å². The van der Waals surface area contributed by atoms with Crippen molar-refractivity contribution in [2.75, 3.05) is 11.5 Å². The third-order valence-electron chi connectivity index (χ3n) is 12.1. The summed E-state index contributed by atoms with van der Waals surface area (Å²) in [7, 11) is 0. The van der Waals surface area contributed by atoms with Crippen molar-refractivity contribution in [1.82, 2.24) is 68.2 Å². The Balaban J connectivity index is 0.000000159. The lowest BCUT2D eigenvalue weighted by Crippen LogP contribution is -2.23. The summed E-state index contributed by atoms with van der Waals surface area (Å²) in [5.41, 5.74) is 15.3. The van der Waals surface area contributed by atoms with Crippen molar-refractivity contribution in [3.05, 3.63) is 176 Å². The average molecular weight is 1030 g/mol. The molecule has 10 aromatic heterocycles. The number of hydrogen-bond donors (Lipinski definition) is 2. The number of aromatic nitrogens is 14. The van der Waals surface area contributed by atoms with Crippen LogP contribution in [-0.4, -0.2) is 68.2 Å². The molecular weight excluding hydrogens is 997 g/mol. The zero-order valence-corrected chi connectivity index (χ0v) is 40.7. The van der Waals surface area contributed by atoms with E-state index >= 15 is 0 Å². The molecule has 10 heterocycles. The van der Waals surface area contributed by atoms with Crippen LogP contribution in [0.25, 0.3) is 76.8 Å². The quantitative estimate of drug-likeness (QED) is 0.135. The second-order valence-corrected chi connectivity index (χ2v) is 19.3. The van der Waals surface area contributed by atoms with Gasteiger partial charge in [-0.15, -0.1) is 22.7 Å². The van der Waals surface area contributed by atoms with Gasteiger partial charge in [0.15, 0.2) is 11.3 Å². The summed E-state index contributed by atoms with van der Waals surface area (Å²) >= 11 is 2.90. The fourth-order valence-corrected chi connectivity index (χ4v) is 10.3. The predicted octanol–water partition coefficient (Wildman–Crippen LogP) is 8.81. The van der Waals surface area contributed by atoms with Crippen molar-refractivity contribution >= 4 is 67.7 Å². The first-order valence-corrected chi connectivity index (χ1v) is 24.0. The number of halogens is 4. The maximum atomic E-state index is 14.2. The van der Waals surface area contributed by atoms with Crippen molar-refractivity contribution < 1.29 is 17.6 Å². The van der Waals surface area contributed by atoms with Gasteiger partial charge in [-0.1, -0.05) is 24.3 Å². The standard InChI is InChI=1S/2C25H18F2N8OS/c2*1-12(35-24-20(23(28)30-11-31-24)22(33-35)17-9-29-13(2)37-17)21-19(14-4-3-5-15(26)8-14)25(36)34-10-16(27)6-7-18(34)32-21/h2*3-12H,1-2H3,(H2,28,30,31)/t2*12-/m10/s1. The molecule has 12 rings (SSSR count). The Morgan fingerprint density at radius 1 is 0.541 bits per heavy atom. The summed E-state index contributed by atoms with van der Waals surface area (Å²) in [6.07, 6.45) is 8.20. The summed E-state index contributed by atoms with van der Waals surface area (Å²) in [6.45, 7) is 7.38. The fraction of sp³-hybridized carbons (Fsp3) is 0.120. The number of thiazole rings is 2. The molecule has 0 saturated heterocycles. The molecular formula is C50H36F4N16O2S2. The molecule has 0 aliphatic rings. The lowest BCUT2D eigenvalue weighted by Gasteiger charge is -2.18. The maximum Gasteiger partial charge on any atom is 0.266 e. The van der Waals surface area contributed by atoms with Crippen LogP contribution >= 0.6 is 22.7 Å². The smallest absolute Gasteiger partial charge is 0.266 e. The van der Waals surface area contributed by atoms with Crippen LogP contribution in [0.15, 0.2) is 120 Å². The van der Waals surface area contributed by atoms with Gasteiger partial charge in [-0.05, 0) is 87.4 Å². The van der Waals surface area contributed by atoms with Gasteiger partial charge in [0, 0.05) is 24.8 Å². The molecule has 24 heteroatoms. The van der Waals surface area contributed by atoms with Crippen LogP contribution < -0.4 is 22.6 Å². The van der Waals surface area contributed by atoms with E-state index in [1.807, 2.05) is 13.8 Å². The average Bonchev–Trinajstić information content (AvgIpc) is 4.22. The minimum Gasteiger partial charge on any atom is -0.383 e. The summed E-state index contributed by atoms with van der Waals surface area (Å²) in [6, 6.07) is 15.2. The zero-order valence-electron chi connectivity index (χ0n) is 39.1. The second-order valence-electron chi connectivity index (χ2n) is 16.9. The SMILES string of the molecule is Cc1ncc(-c2nn([C@@H](C)c3nc4ccc(F)cn4c(=O)c3-c3cccc(F)c3)c3ncnc(N)c23)s1.Cc1ncc(-c2nn([C@H](C)c3nc4ccc(F)cn4c(=O)c3-c3cccc(F)c3)c3ncnc(N)c23)s1. The number of nitrogen functional groups attached to an aromatic ring is 2. The molecule has 0 fully saturated rings. The van der Waals surface area contributed by atoms with Crippen LogP contribution in [0.5, 0.6) is 0 Å². The van der Waals surface area contributed by atoms with Gasteiger partial charge in [0.1, 0.15) is 70.2 Å². The first-order valence-electron chi connectivity index (χ1n) is 22.4. The normalized spacial score (nSPS) is 12.4. The van der Waals surface area contributed by atoms with Crippen LogP contribution in [0.2, 0.25) is 0 Å². The molecule has 0 unspecified atom stereocenters. The maximum absolute atomic E-state index is 14.2. The van der Waals surface area contributed by atoms with Gasteiger partial charge in [0.05, 0.1) is 65.1 Å². The highest BCUT2D eigenvalue weighted by molar-refractivity contribution is 7.15. The molecule has 18 nitrogen and oxygen atoms in total. The van der Waals surface area contributed by atoms with E-state index in [9.17, 15) is 27.2 Å². The number of fused-ring (bicyclic) bond motifs is 4. The monoisotopic (exact) mass is 1030 g/mol. The van der Waals surface area contributed by atoms with Crippen molar-refractivity contribution in [3.63, 3.8) is 0 Å². The minimum atomic E-state index is -0.652. The van der Waals surface area contributed by atoms with Crippen molar-refractivity contribution in [2.24, 2.45) is 0 Å². The second kappa shape index (κ2) is 18.5. The molecule has 2 aromatic carbocycles. The van der Waals surface area contributed by atoms with Gasteiger partial charge in [-0.25, -0.2) is 66.8 Å².